The average Bonchev–Trinajstić information content (AvgIpc) is 2.86. The molecule has 0 fully saturated rings. The van der Waals surface area contributed by atoms with Crippen LogP contribution in [-0.2, 0) is 27.9 Å². The predicted octanol–water partition coefficient (Wildman–Crippen LogP) is -0.159. The summed E-state index contributed by atoms with van der Waals surface area (Å²) in [5.41, 5.74) is 0.765. The smallest absolute Gasteiger partial charge is 0.325 e. The number of carboxylic acid groups (broad SMARTS) is 1. The van der Waals surface area contributed by atoms with E-state index in [0.717, 1.165) is 16.4 Å². The molecule has 0 bridgehead atoms. The number of hydrogen-bond acceptors (Lipinski definition) is 5. The zero-order chi connectivity index (χ0) is 14.6. The number of aliphatic carboxylic acids is 1. The van der Waals surface area contributed by atoms with E-state index in [0.29, 0.717) is 0 Å². The zero-order valence-corrected chi connectivity index (χ0v) is 11.1. The van der Waals surface area contributed by atoms with E-state index in [1.807, 2.05) is 0 Å². The van der Waals surface area contributed by atoms with Gasteiger partial charge < -0.3 is 5.11 Å². The van der Waals surface area contributed by atoms with Gasteiger partial charge in [0.25, 0.3) is 0 Å². The van der Waals surface area contributed by atoms with Crippen molar-refractivity contribution in [1.82, 2.24) is 19.5 Å². The van der Waals surface area contributed by atoms with Gasteiger partial charge in [0, 0.05) is 25.1 Å². The number of carboxylic acids is 1. The summed E-state index contributed by atoms with van der Waals surface area (Å²) >= 11 is 0. The van der Waals surface area contributed by atoms with E-state index in [-0.39, 0.29) is 18.0 Å². The molecule has 0 amide bonds. The van der Waals surface area contributed by atoms with Gasteiger partial charge in [-0.3, -0.25) is 14.5 Å². The molecule has 0 saturated heterocycles. The minimum Gasteiger partial charge on any atom is -0.480 e. The standard InChI is InChI=1S/C11H12N4O4S/c16-11(17)8-15-7-10(6-13-15)20(18,19)14-5-9-1-3-12-4-2-9/h1-4,6-7,14H,5,8H2,(H,16,17). The fraction of sp³-hybridized carbons (Fsp3) is 0.182. The van der Waals surface area contributed by atoms with Crippen LogP contribution in [0.3, 0.4) is 0 Å². The van der Waals surface area contributed by atoms with E-state index < -0.39 is 16.0 Å². The Hall–Kier alpha value is -2.26. The first-order chi connectivity index (χ1) is 9.47. The van der Waals surface area contributed by atoms with Crippen LogP contribution in [0.4, 0.5) is 0 Å². The largest absolute Gasteiger partial charge is 0.480 e. The molecular formula is C11H12N4O4S. The normalized spacial score (nSPS) is 11.4. The maximum absolute atomic E-state index is 12.0. The Morgan fingerprint density at radius 3 is 2.70 bits per heavy atom. The molecule has 0 aromatic carbocycles. The highest BCUT2D eigenvalue weighted by atomic mass is 32.2. The van der Waals surface area contributed by atoms with Crippen LogP contribution < -0.4 is 4.72 Å². The summed E-state index contributed by atoms with van der Waals surface area (Å²) < 4.78 is 27.4. The van der Waals surface area contributed by atoms with Crippen molar-refractivity contribution in [2.24, 2.45) is 0 Å². The van der Waals surface area contributed by atoms with Gasteiger partial charge >= 0.3 is 5.97 Å². The maximum Gasteiger partial charge on any atom is 0.325 e. The van der Waals surface area contributed by atoms with Crippen molar-refractivity contribution in [3.8, 4) is 0 Å². The first-order valence-corrected chi connectivity index (χ1v) is 7.08. The topological polar surface area (TPSA) is 114 Å². The predicted molar refractivity (Wildman–Crippen MR) is 68.1 cm³/mol. The molecule has 2 aromatic rings. The molecule has 0 spiro atoms. The van der Waals surface area contributed by atoms with Gasteiger partial charge in [-0.05, 0) is 17.7 Å². The van der Waals surface area contributed by atoms with E-state index >= 15 is 0 Å². The summed E-state index contributed by atoms with van der Waals surface area (Å²) in [4.78, 5) is 14.3. The molecule has 0 unspecified atom stereocenters. The molecule has 0 radical (unpaired) electrons. The summed E-state index contributed by atoms with van der Waals surface area (Å²) in [6.45, 7) is -0.269. The molecule has 8 nitrogen and oxygen atoms in total. The summed E-state index contributed by atoms with van der Waals surface area (Å²) in [5.74, 6) is -1.10. The molecule has 106 valence electrons. The molecular weight excluding hydrogens is 284 g/mol. The molecule has 0 atom stereocenters. The third-order valence-electron chi connectivity index (χ3n) is 2.43. The van der Waals surface area contributed by atoms with Crippen LogP contribution in [-0.4, -0.2) is 34.3 Å². The van der Waals surface area contributed by atoms with Gasteiger partial charge in [0.05, 0.1) is 6.20 Å². The molecule has 0 aliphatic carbocycles. The Morgan fingerprint density at radius 2 is 2.05 bits per heavy atom. The number of nitrogens with one attached hydrogen (secondary N) is 1. The molecule has 2 rings (SSSR count). The molecule has 0 aliphatic heterocycles. The first kappa shape index (κ1) is 14.2. The van der Waals surface area contributed by atoms with Crippen molar-refractivity contribution in [3.63, 3.8) is 0 Å². The Balaban J connectivity index is 2.06. The van der Waals surface area contributed by atoms with Crippen LogP contribution in [0.15, 0.2) is 41.8 Å². The van der Waals surface area contributed by atoms with Gasteiger partial charge in [0.15, 0.2) is 0 Å². The van der Waals surface area contributed by atoms with Crippen LogP contribution in [0, 0.1) is 0 Å². The Bertz CT molecular complexity index is 696. The Morgan fingerprint density at radius 1 is 1.35 bits per heavy atom. The fourth-order valence-electron chi connectivity index (χ4n) is 1.47. The highest BCUT2D eigenvalue weighted by molar-refractivity contribution is 7.89. The summed E-state index contributed by atoms with van der Waals surface area (Å²) in [7, 11) is -3.72. The molecule has 9 heteroatoms. The van der Waals surface area contributed by atoms with Crippen molar-refractivity contribution in [2.45, 2.75) is 18.0 Å². The van der Waals surface area contributed by atoms with Gasteiger partial charge in [-0.25, -0.2) is 13.1 Å². The van der Waals surface area contributed by atoms with Gasteiger partial charge in [-0.2, -0.15) is 5.10 Å². The summed E-state index contributed by atoms with van der Waals surface area (Å²) in [5, 5.41) is 12.3. The number of hydrogen-bond donors (Lipinski definition) is 2. The molecule has 2 heterocycles. The number of rotatable bonds is 6. The molecule has 20 heavy (non-hydrogen) atoms. The molecule has 0 aliphatic rings. The molecule has 2 N–H and O–H groups in total. The summed E-state index contributed by atoms with van der Waals surface area (Å²) in [6.07, 6.45) is 5.41. The number of nitrogens with zero attached hydrogens (tertiary/aromatic N) is 3. The quantitative estimate of drug-likeness (QED) is 0.765. The second-order valence-corrected chi connectivity index (χ2v) is 5.71. The minimum atomic E-state index is -3.72. The van der Waals surface area contributed by atoms with Crippen LogP contribution in [0.25, 0.3) is 0 Å². The lowest BCUT2D eigenvalue weighted by atomic mass is 10.3. The van der Waals surface area contributed by atoms with Gasteiger partial charge in [-0.1, -0.05) is 0 Å². The lowest BCUT2D eigenvalue weighted by molar-refractivity contribution is -0.137. The summed E-state index contributed by atoms with van der Waals surface area (Å²) in [6, 6.07) is 3.38. The number of carbonyl (C=O) groups is 1. The number of aromatic nitrogens is 3. The Kier molecular flexibility index (Phi) is 4.11. The van der Waals surface area contributed by atoms with E-state index in [4.69, 9.17) is 5.11 Å². The van der Waals surface area contributed by atoms with Crippen molar-refractivity contribution < 1.29 is 18.3 Å². The van der Waals surface area contributed by atoms with Crippen LogP contribution >= 0.6 is 0 Å². The zero-order valence-electron chi connectivity index (χ0n) is 10.3. The van der Waals surface area contributed by atoms with Crippen LogP contribution in [0.1, 0.15) is 5.56 Å². The van der Waals surface area contributed by atoms with Gasteiger partial charge in [0.1, 0.15) is 11.4 Å². The third-order valence-corrected chi connectivity index (χ3v) is 3.79. The average molecular weight is 296 g/mol. The van der Waals surface area contributed by atoms with Gasteiger partial charge in [-0.15, -0.1) is 0 Å². The highest BCUT2D eigenvalue weighted by Gasteiger charge is 2.16. The van der Waals surface area contributed by atoms with Crippen molar-refractivity contribution in [1.29, 1.82) is 0 Å². The second kappa shape index (κ2) is 5.80. The SMILES string of the molecule is O=C(O)Cn1cc(S(=O)(=O)NCc2ccncc2)cn1. The molecule has 0 saturated carbocycles. The van der Waals surface area contributed by atoms with Crippen LogP contribution in [0.2, 0.25) is 0 Å². The number of pyridine rings is 1. The second-order valence-electron chi connectivity index (χ2n) is 3.95. The lowest BCUT2D eigenvalue weighted by Crippen LogP contribution is -2.23. The first-order valence-electron chi connectivity index (χ1n) is 5.60. The molecule has 2 aromatic heterocycles. The van der Waals surface area contributed by atoms with Crippen molar-refractivity contribution >= 4 is 16.0 Å². The third kappa shape index (κ3) is 3.62. The monoisotopic (exact) mass is 296 g/mol. The van der Waals surface area contributed by atoms with Crippen molar-refractivity contribution in [3.05, 3.63) is 42.5 Å². The Labute approximate surface area is 115 Å². The number of sulfonamides is 1. The highest BCUT2D eigenvalue weighted by Crippen LogP contribution is 2.08. The van der Waals surface area contributed by atoms with Crippen molar-refractivity contribution in [2.75, 3.05) is 0 Å². The lowest BCUT2D eigenvalue weighted by Gasteiger charge is -2.04. The maximum atomic E-state index is 12.0. The van der Waals surface area contributed by atoms with E-state index in [1.165, 1.54) is 6.20 Å². The van der Waals surface area contributed by atoms with E-state index in [9.17, 15) is 13.2 Å². The minimum absolute atomic E-state index is 0.0761. The van der Waals surface area contributed by atoms with Gasteiger partial charge in [0.2, 0.25) is 10.0 Å². The van der Waals surface area contributed by atoms with E-state index in [2.05, 4.69) is 14.8 Å². The fourth-order valence-corrected chi connectivity index (χ4v) is 2.44. The van der Waals surface area contributed by atoms with E-state index in [1.54, 1.807) is 24.5 Å². The van der Waals surface area contributed by atoms with Crippen LogP contribution in [0.5, 0.6) is 0 Å².